The minimum atomic E-state index is -0.258. The van der Waals surface area contributed by atoms with Gasteiger partial charge in [-0.05, 0) is 60.8 Å². The van der Waals surface area contributed by atoms with E-state index >= 15 is 0 Å². The third kappa shape index (κ3) is 4.22. The van der Waals surface area contributed by atoms with Crippen LogP contribution in [0.3, 0.4) is 0 Å². The molecule has 2 N–H and O–H groups in total. The maximum absolute atomic E-state index is 4.12. The molecule has 2 unspecified atom stereocenters. The Labute approximate surface area is 295 Å². The van der Waals surface area contributed by atoms with E-state index < -0.39 is 0 Å². The average molecular weight is 652 g/mol. The van der Waals surface area contributed by atoms with Crippen molar-refractivity contribution in [3.05, 3.63) is 187 Å². The van der Waals surface area contributed by atoms with E-state index in [0.29, 0.717) is 0 Å². The third-order valence-electron chi connectivity index (χ3n) is 11.0. The Bertz CT molecular complexity index is 3050. The quantitative estimate of drug-likeness (QED) is 0.186. The number of nitrogens with zero attached hydrogens (tertiary/aromatic N) is 1. The first-order chi connectivity index (χ1) is 25.3. The summed E-state index contributed by atoms with van der Waals surface area (Å²) in [6.07, 6.45) is 2.13. The predicted octanol–water partition coefficient (Wildman–Crippen LogP) is 12.0. The number of fused-ring (bicyclic) bond motifs is 12. The number of hydrogen-bond donors (Lipinski definition) is 2. The molecule has 0 fully saturated rings. The summed E-state index contributed by atoms with van der Waals surface area (Å²) >= 11 is 0. The van der Waals surface area contributed by atoms with Crippen LogP contribution in [0.15, 0.2) is 176 Å². The van der Waals surface area contributed by atoms with Crippen LogP contribution in [-0.2, 0) is 0 Å². The van der Waals surface area contributed by atoms with Crippen LogP contribution < -0.4 is 10.6 Å². The summed E-state index contributed by atoms with van der Waals surface area (Å²) in [7, 11) is 0. The summed E-state index contributed by atoms with van der Waals surface area (Å²) in [4.78, 5) is 0. The minimum absolute atomic E-state index is 0.0555. The van der Waals surface area contributed by atoms with Gasteiger partial charge in [-0.15, -0.1) is 0 Å². The molecule has 2 heterocycles. The van der Waals surface area contributed by atoms with Crippen LogP contribution in [-0.4, -0.2) is 4.57 Å². The van der Waals surface area contributed by atoms with Crippen molar-refractivity contribution >= 4 is 81.4 Å². The van der Waals surface area contributed by atoms with Crippen LogP contribution in [0.4, 0.5) is 0 Å². The topological polar surface area (TPSA) is 29.0 Å². The van der Waals surface area contributed by atoms with Crippen LogP contribution in [0.5, 0.6) is 0 Å². The van der Waals surface area contributed by atoms with E-state index in [1.165, 1.54) is 86.8 Å². The van der Waals surface area contributed by atoms with Crippen LogP contribution in [0, 0.1) is 0 Å². The molecule has 0 saturated carbocycles. The maximum atomic E-state index is 4.12. The number of para-hydroxylation sites is 1. The highest BCUT2D eigenvalue weighted by Gasteiger charge is 2.29. The second-order valence-corrected chi connectivity index (χ2v) is 13.7. The van der Waals surface area contributed by atoms with Crippen molar-refractivity contribution in [2.45, 2.75) is 12.3 Å². The zero-order chi connectivity index (χ0) is 33.5. The molecule has 0 aliphatic carbocycles. The Kier molecular flexibility index (Phi) is 6.16. The zero-order valence-electron chi connectivity index (χ0n) is 27.8. The second-order valence-electron chi connectivity index (χ2n) is 13.7. The molecule has 3 heteroatoms. The lowest BCUT2D eigenvalue weighted by atomic mass is 9.93. The van der Waals surface area contributed by atoms with Gasteiger partial charge >= 0.3 is 0 Å². The maximum Gasteiger partial charge on any atom is 0.160 e. The fraction of sp³-hybridized carbons (Fsp3) is 0.0417. The molecular weight excluding hydrogens is 619 g/mol. The molecule has 11 rings (SSSR count). The first-order valence-electron chi connectivity index (χ1n) is 17.8. The third-order valence-corrected chi connectivity index (χ3v) is 11.0. The average Bonchev–Trinajstić information content (AvgIpc) is 3.55. The molecule has 9 aromatic carbocycles. The molecule has 1 aliphatic heterocycles. The lowest BCUT2D eigenvalue weighted by molar-refractivity contribution is 0.352. The summed E-state index contributed by atoms with van der Waals surface area (Å²) in [5.74, 6) is 0. The van der Waals surface area contributed by atoms with Gasteiger partial charge in [-0.25, -0.2) is 0 Å². The van der Waals surface area contributed by atoms with E-state index in [4.69, 9.17) is 0 Å². The largest absolute Gasteiger partial charge is 0.352 e. The normalized spacial score (nSPS) is 16.4. The van der Waals surface area contributed by atoms with Gasteiger partial charge in [0.2, 0.25) is 0 Å². The van der Waals surface area contributed by atoms with Gasteiger partial charge in [0.1, 0.15) is 0 Å². The van der Waals surface area contributed by atoms with E-state index in [0.717, 1.165) is 5.70 Å². The van der Waals surface area contributed by atoms with Crippen LogP contribution in [0.2, 0.25) is 0 Å². The van der Waals surface area contributed by atoms with E-state index in [9.17, 15) is 0 Å². The fourth-order valence-electron chi connectivity index (χ4n) is 8.83. The van der Waals surface area contributed by atoms with Crippen molar-refractivity contribution in [3.63, 3.8) is 0 Å². The van der Waals surface area contributed by atoms with Gasteiger partial charge < -0.3 is 9.88 Å². The van der Waals surface area contributed by atoms with Gasteiger partial charge in [-0.2, -0.15) is 0 Å². The van der Waals surface area contributed by atoms with Crippen molar-refractivity contribution in [2.24, 2.45) is 0 Å². The van der Waals surface area contributed by atoms with Crippen LogP contribution in [0.1, 0.15) is 23.5 Å². The van der Waals surface area contributed by atoms with Crippen LogP contribution in [0.25, 0.3) is 81.4 Å². The monoisotopic (exact) mass is 651 g/mol. The van der Waals surface area contributed by atoms with Crippen molar-refractivity contribution in [1.82, 2.24) is 15.2 Å². The van der Waals surface area contributed by atoms with Gasteiger partial charge in [-0.3, -0.25) is 5.32 Å². The van der Waals surface area contributed by atoms with Crippen molar-refractivity contribution in [2.75, 3.05) is 0 Å². The van der Waals surface area contributed by atoms with E-state index in [2.05, 4.69) is 191 Å². The molecule has 10 aromatic rings. The Morgan fingerprint density at radius 1 is 0.412 bits per heavy atom. The number of rotatable bonds is 3. The minimum Gasteiger partial charge on any atom is -0.352 e. The lowest BCUT2D eigenvalue weighted by Crippen LogP contribution is -2.43. The number of hydrogen-bond acceptors (Lipinski definition) is 2. The van der Waals surface area contributed by atoms with Crippen molar-refractivity contribution in [3.8, 4) is 0 Å². The Morgan fingerprint density at radius 3 is 1.80 bits per heavy atom. The smallest absolute Gasteiger partial charge is 0.160 e. The standard InChI is InChI=1S/C48H33N3/c1-4-18-33-30(13-1)16-11-24-37(33)42-29-43(38-25-12-17-31-14-2-5-19-34(31)38)50-48(49-42)51-44-26-10-9-23-41(44)46-45-35-20-6-3-15-32(35)27-28-39(45)36-21-7-8-22-40(36)47(46)51/h1-29,42,48-50H. The van der Waals surface area contributed by atoms with Gasteiger partial charge in [0.15, 0.2) is 6.29 Å². The molecular formula is C48H33N3. The highest BCUT2D eigenvalue weighted by atomic mass is 15.3. The molecule has 1 aromatic heterocycles. The van der Waals surface area contributed by atoms with E-state index in [1.807, 2.05) is 0 Å². The van der Waals surface area contributed by atoms with Gasteiger partial charge in [0.05, 0.1) is 17.1 Å². The van der Waals surface area contributed by atoms with Gasteiger partial charge in [-0.1, -0.05) is 164 Å². The number of nitrogens with one attached hydrogen (secondary N) is 2. The Hall–Kier alpha value is -6.42. The van der Waals surface area contributed by atoms with Crippen molar-refractivity contribution < 1.29 is 0 Å². The summed E-state index contributed by atoms with van der Waals surface area (Å²) in [5, 5.41) is 23.3. The molecule has 51 heavy (non-hydrogen) atoms. The van der Waals surface area contributed by atoms with Gasteiger partial charge in [0.25, 0.3) is 0 Å². The van der Waals surface area contributed by atoms with Crippen molar-refractivity contribution in [1.29, 1.82) is 0 Å². The summed E-state index contributed by atoms with van der Waals surface area (Å²) < 4.78 is 2.53. The number of benzene rings is 9. The van der Waals surface area contributed by atoms with Crippen LogP contribution >= 0.6 is 0 Å². The lowest BCUT2D eigenvalue weighted by Gasteiger charge is -2.35. The highest BCUT2D eigenvalue weighted by Crippen LogP contribution is 2.45. The SMILES string of the molecule is C1=C(c2cccc3ccccc23)NC(n2c3ccccc3c3c4c5ccccc5ccc4c4ccccc4c32)NC1c1cccc2ccccc12. The zero-order valence-corrected chi connectivity index (χ0v) is 27.8. The molecule has 0 amide bonds. The first-order valence-corrected chi connectivity index (χ1v) is 17.8. The Balaban J connectivity index is 1.24. The number of aromatic nitrogens is 1. The molecule has 2 atom stereocenters. The summed E-state index contributed by atoms with van der Waals surface area (Å²) in [6, 6.07) is 62.0. The highest BCUT2D eigenvalue weighted by molar-refractivity contribution is 6.36. The molecule has 0 saturated heterocycles. The molecule has 0 spiro atoms. The molecule has 3 nitrogen and oxygen atoms in total. The summed E-state index contributed by atoms with van der Waals surface area (Å²) in [5.41, 5.74) is 6.01. The first kappa shape index (κ1) is 28.4. The molecule has 0 radical (unpaired) electrons. The molecule has 1 aliphatic rings. The molecule has 240 valence electrons. The van der Waals surface area contributed by atoms with E-state index in [1.54, 1.807) is 0 Å². The molecule has 0 bridgehead atoms. The van der Waals surface area contributed by atoms with Gasteiger partial charge in [0, 0.05) is 32.8 Å². The Morgan fingerprint density at radius 2 is 1.00 bits per heavy atom. The fourth-order valence-corrected chi connectivity index (χ4v) is 8.83. The second kappa shape index (κ2) is 11.0. The van der Waals surface area contributed by atoms with E-state index in [-0.39, 0.29) is 12.3 Å². The predicted molar refractivity (Wildman–Crippen MR) is 216 cm³/mol. The summed E-state index contributed by atoms with van der Waals surface area (Å²) in [6.45, 7) is 0.